The summed E-state index contributed by atoms with van der Waals surface area (Å²) in [6, 6.07) is 5.76. The summed E-state index contributed by atoms with van der Waals surface area (Å²) >= 11 is 0. The van der Waals surface area contributed by atoms with Crippen LogP contribution in [0.5, 0.6) is 11.5 Å². The number of hydrogen-bond donors (Lipinski definition) is 2. The summed E-state index contributed by atoms with van der Waals surface area (Å²) in [4.78, 5) is 0. The van der Waals surface area contributed by atoms with Crippen LogP contribution >= 0.6 is 0 Å². The van der Waals surface area contributed by atoms with E-state index in [1.807, 2.05) is 18.2 Å². The van der Waals surface area contributed by atoms with E-state index in [0.29, 0.717) is 0 Å². The molecule has 1 aromatic heterocycles. The Morgan fingerprint density at radius 3 is 2.89 bits per heavy atom. The third-order valence-electron chi connectivity index (χ3n) is 3.21. The number of fused-ring (bicyclic) bond motifs is 1. The van der Waals surface area contributed by atoms with E-state index in [-0.39, 0.29) is 0 Å². The Morgan fingerprint density at radius 1 is 1.22 bits per heavy atom. The van der Waals surface area contributed by atoms with Gasteiger partial charge in [-0.2, -0.15) is 5.10 Å². The molecule has 0 amide bonds. The Hall–Kier alpha value is -2.17. The first-order chi connectivity index (χ1) is 8.83. The molecule has 3 rings (SSSR count). The molecular formula is C13H15N3O2. The lowest BCUT2D eigenvalue weighted by Crippen LogP contribution is -1.96. The number of rotatable bonds is 3. The zero-order valence-corrected chi connectivity index (χ0v) is 10.4. The van der Waals surface area contributed by atoms with Gasteiger partial charge in [-0.15, -0.1) is 0 Å². The first kappa shape index (κ1) is 11.0. The molecule has 1 aromatic carbocycles. The quantitative estimate of drug-likeness (QED) is 0.869. The van der Waals surface area contributed by atoms with E-state index >= 15 is 0 Å². The standard InChI is InChI=1S/C13H15N3O2/c1-17-8-3-4-11(18-2)10(7-8)12-9-5-6-14-13(9)16-15-12/h3-4,7H,5-6H2,1-2H3,(H2,14,15,16). The van der Waals surface area contributed by atoms with Gasteiger partial charge in [0.15, 0.2) is 5.82 Å². The van der Waals surface area contributed by atoms with E-state index in [1.54, 1.807) is 14.2 Å². The summed E-state index contributed by atoms with van der Waals surface area (Å²) in [7, 11) is 3.32. The molecule has 0 atom stereocenters. The second-order valence-corrected chi connectivity index (χ2v) is 4.17. The lowest BCUT2D eigenvalue weighted by Gasteiger charge is -2.09. The minimum absolute atomic E-state index is 0.806. The maximum Gasteiger partial charge on any atom is 0.151 e. The molecule has 5 nitrogen and oxygen atoms in total. The highest BCUT2D eigenvalue weighted by molar-refractivity contribution is 5.76. The van der Waals surface area contributed by atoms with Crippen LogP contribution in [0.2, 0.25) is 0 Å². The van der Waals surface area contributed by atoms with Gasteiger partial charge < -0.3 is 14.8 Å². The topological polar surface area (TPSA) is 59.2 Å². The first-order valence-corrected chi connectivity index (χ1v) is 5.87. The second kappa shape index (κ2) is 4.25. The van der Waals surface area contributed by atoms with Crippen LogP contribution in [-0.2, 0) is 6.42 Å². The number of methoxy groups -OCH3 is 2. The van der Waals surface area contributed by atoms with Crippen molar-refractivity contribution in [1.82, 2.24) is 10.2 Å². The highest BCUT2D eigenvalue weighted by Crippen LogP contribution is 2.37. The summed E-state index contributed by atoms with van der Waals surface area (Å²) in [5.74, 6) is 2.56. The second-order valence-electron chi connectivity index (χ2n) is 4.17. The number of aromatic nitrogens is 2. The molecule has 2 aromatic rings. The molecule has 2 heterocycles. The van der Waals surface area contributed by atoms with Gasteiger partial charge in [0, 0.05) is 17.7 Å². The average molecular weight is 245 g/mol. The Balaban J connectivity index is 2.14. The Labute approximate surface area is 105 Å². The molecule has 18 heavy (non-hydrogen) atoms. The van der Waals surface area contributed by atoms with Gasteiger partial charge >= 0.3 is 0 Å². The minimum Gasteiger partial charge on any atom is -0.497 e. The Kier molecular flexibility index (Phi) is 2.59. The number of anilines is 1. The van der Waals surface area contributed by atoms with Crippen LogP contribution in [0.4, 0.5) is 5.82 Å². The first-order valence-electron chi connectivity index (χ1n) is 5.87. The number of benzene rings is 1. The normalized spacial score (nSPS) is 13.0. The summed E-state index contributed by atoms with van der Waals surface area (Å²) in [5.41, 5.74) is 3.20. The minimum atomic E-state index is 0.806. The molecular weight excluding hydrogens is 230 g/mol. The molecule has 0 saturated carbocycles. The van der Waals surface area contributed by atoms with Crippen molar-refractivity contribution in [2.24, 2.45) is 0 Å². The smallest absolute Gasteiger partial charge is 0.151 e. The molecule has 0 bridgehead atoms. The number of H-pyrrole nitrogens is 1. The van der Waals surface area contributed by atoms with Gasteiger partial charge in [0.05, 0.1) is 19.9 Å². The van der Waals surface area contributed by atoms with Crippen LogP contribution in [0, 0.1) is 0 Å². The highest BCUT2D eigenvalue weighted by atomic mass is 16.5. The van der Waals surface area contributed by atoms with E-state index < -0.39 is 0 Å². The van der Waals surface area contributed by atoms with Crippen LogP contribution < -0.4 is 14.8 Å². The number of nitrogens with zero attached hydrogens (tertiary/aromatic N) is 1. The molecule has 0 saturated heterocycles. The fourth-order valence-corrected chi connectivity index (χ4v) is 2.29. The molecule has 0 aliphatic carbocycles. The third-order valence-corrected chi connectivity index (χ3v) is 3.21. The van der Waals surface area contributed by atoms with Crippen molar-refractivity contribution in [2.45, 2.75) is 6.42 Å². The molecule has 0 radical (unpaired) electrons. The summed E-state index contributed by atoms with van der Waals surface area (Å²) in [6.07, 6.45) is 0.974. The summed E-state index contributed by atoms with van der Waals surface area (Å²) in [5, 5.41) is 10.6. The molecule has 0 unspecified atom stereocenters. The predicted molar refractivity (Wildman–Crippen MR) is 69.3 cm³/mol. The van der Waals surface area contributed by atoms with Gasteiger partial charge in [-0.05, 0) is 24.6 Å². The molecule has 94 valence electrons. The Bertz CT molecular complexity index is 578. The summed E-state index contributed by atoms with van der Waals surface area (Å²) < 4.78 is 10.7. The molecule has 2 N–H and O–H groups in total. The molecule has 0 fully saturated rings. The SMILES string of the molecule is COc1ccc(OC)c(-c2[nH]nc3c2CCN3)c1. The van der Waals surface area contributed by atoms with Crippen molar-refractivity contribution in [3.05, 3.63) is 23.8 Å². The van der Waals surface area contributed by atoms with Gasteiger partial charge in [-0.3, -0.25) is 5.10 Å². The van der Waals surface area contributed by atoms with Crippen molar-refractivity contribution in [3.8, 4) is 22.8 Å². The van der Waals surface area contributed by atoms with E-state index in [9.17, 15) is 0 Å². The lowest BCUT2D eigenvalue weighted by atomic mass is 10.1. The predicted octanol–water partition coefficient (Wildman–Crippen LogP) is 2.06. The zero-order valence-electron chi connectivity index (χ0n) is 10.4. The lowest BCUT2D eigenvalue weighted by molar-refractivity contribution is 0.404. The van der Waals surface area contributed by atoms with Crippen LogP contribution in [0.25, 0.3) is 11.3 Å². The van der Waals surface area contributed by atoms with Gasteiger partial charge in [0.1, 0.15) is 11.5 Å². The van der Waals surface area contributed by atoms with E-state index in [0.717, 1.165) is 41.5 Å². The molecule has 0 spiro atoms. The number of ether oxygens (including phenoxy) is 2. The third kappa shape index (κ3) is 1.59. The molecule has 5 heteroatoms. The summed E-state index contributed by atoms with van der Waals surface area (Å²) in [6.45, 7) is 0.936. The van der Waals surface area contributed by atoms with Crippen molar-refractivity contribution < 1.29 is 9.47 Å². The fourth-order valence-electron chi connectivity index (χ4n) is 2.29. The van der Waals surface area contributed by atoms with E-state index in [2.05, 4.69) is 15.5 Å². The van der Waals surface area contributed by atoms with Crippen LogP contribution in [0.15, 0.2) is 18.2 Å². The maximum absolute atomic E-state index is 5.40. The maximum atomic E-state index is 5.40. The van der Waals surface area contributed by atoms with Crippen LogP contribution in [0.1, 0.15) is 5.56 Å². The van der Waals surface area contributed by atoms with E-state index in [1.165, 1.54) is 5.56 Å². The number of aromatic amines is 1. The van der Waals surface area contributed by atoms with Crippen molar-refractivity contribution in [2.75, 3.05) is 26.1 Å². The number of hydrogen-bond acceptors (Lipinski definition) is 4. The van der Waals surface area contributed by atoms with Crippen molar-refractivity contribution >= 4 is 5.82 Å². The fraction of sp³-hybridized carbons (Fsp3) is 0.308. The van der Waals surface area contributed by atoms with Gasteiger partial charge in [0.25, 0.3) is 0 Å². The molecule has 1 aliphatic rings. The monoisotopic (exact) mass is 245 g/mol. The largest absolute Gasteiger partial charge is 0.497 e. The van der Waals surface area contributed by atoms with Crippen LogP contribution in [-0.4, -0.2) is 31.0 Å². The van der Waals surface area contributed by atoms with Crippen molar-refractivity contribution in [3.63, 3.8) is 0 Å². The zero-order chi connectivity index (χ0) is 12.5. The van der Waals surface area contributed by atoms with Crippen molar-refractivity contribution in [1.29, 1.82) is 0 Å². The van der Waals surface area contributed by atoms with E-state index in [4.69, 9.17) is 9.47 Å². The average Bonchev–Trinajstić information content (AvgIpc) is 3.00. The highest BCUT2D eigenvalue weighted by Gasteiger charge is 2.21. The molecule has 1 aliphatic heterocycles. The number of nitrogens with one attached hydrogen (secondary N) is 2. The van der Waals surface area contributed by atoms with Crippen LogP contribution in [0.3, 0.4) is 0 Å². The van der Waals surface area contributed by atoms with Gasteiger partial charge in [-0.25, -0.2) is 0 Å². The Morgan fingerprint density at radius 2 is 2.11 bits per heavy atom. The van der Waals surface area contributed by atoms with Gasteiger partial charge in [0.2, 0.25) is 0 Å². The van der Waals surface area contributed by atoms with Gasteiger partial charge in [-0.1, -0.05) is 0 Å².